The molecular weight excluding hydrogens is 402 g/mol. The lowest BCUT2D eigenvalue weighted by Gasteiger charge is -2.23. The highest BCUT2D eigenvalue weighted by Gasteiger charge is 2.18. The predicted molar refractivity (Wildman–Crippen MR) is 102 cm³/mol. The average Bonchev–Trinajstić information content (AvgIpc) is 2.57. The molecule has 0 aromatic carbocycles. The number of carbonyl (C=O) groups is 3. The van der Waals surface area contributed by atoms with Crippen LogP contribution in [0, 0.1) is 0 Å². The van der Waals surface area contributed by atoms with Gasteiger partial charge in [0, 0.05) is 16.7 Å². The second-order valence-corrected chi connectivity index (χ2v) is 7.35. The molecule has 1 heterocycles. The van der Waals surface area contributed by atoms with Crippen LogP contribution >= 0.6 is 15.9 Å². The second-order valence-electron chi connectivity index (χ2n) is 6.44. The van der Waals surface area contributed by atoms with Gasteiger partial charge in [-0.3, -0.25) is 19.8 Å². The van der Waals surface area contributed by atoms with Gasteiger partial charge in [0.25, 0.3) is 0 Å². The van der Waals surface area contributed by atoms with E-state index < -0.39 is 11.9 Å². The largest absolute Gasteiger partial charge is 0.335 e. The molecule has 1 aliphatic carbocycles. The molecule has 26 heavy (non-hydrogen) atoms. The Kier molecular flexibility index (Phi) is 7.99. The maximum atomic E-state index is 12.0. The lowest BCUT2D eigenvalue weighted by atomic mass is 9.96. The van der Waals surface area contributed by atoms with Crippen molar-refractivity contribution in [2.24, 2.45) is 0 Å². The molecule has 3 N–H and O–H groups in total. The molecule has 1 aromatic rings. The van der Waals surface area contributed by atoms with E-state index in [1.54, 1.807) is 25.4 Å². The van der Waals surface area contributed by atoms with E-state index in [0.29, 0.717) is 5.82 Å². The number of imide groups is 1. The minimum Gasteiger partial charge on any atom is -0.335 e. The zero-order valence-corrected chi connectivity index (χ0v) is 16.3. The molecule has 0 bridgehead atoms. The van der Waals surface area contributed by atoms with Gasteiger partial charge < -0.3 is 10.6 Å². The first-order valence-electron chi connectivity index (χ1n) is 8.62. The summed E-state index contributed by atoms with van der Waals surface area (Å²) in [4.78, 5) is 41.3. The van der Waals surface area contributed by atoms with Gasteiger partial charge in [-0.05, 0) is 48.0 Å². The fraction of sp³-hybridized carbons (Fsp3) is 0.529. The van der Waals surface area contributed by atoms with Crippen molar-refractivity contribution in [2.45, 2.75) is 38.1 Å². The van der Waals surface area contributed by atoms with Crippen LogP contribution in [-0.4, -0.2) is 53.9 Å². The maximum absolute atomic E-state index is 12.0. The summed E-state index contributed by atoms with van der Waals surface area (Å²) in [7, 11) is 1.63. The third-order valence-electron chi connectivity index (χ3n) is 4.02. The van der Waals surface area contributed by atoms with Crippen molar-refractivity contribution in [2.75, 3.05) is 25.5 Å². The summed E-state index contributed by atoms with van der Waals surface area (Å²) in [6.07, 6.45) is 6.88. The van der Waals surface area contributed by atoms with E-state index in [-0.39, 0.29) is 25.0 Å². The molecule has 0 radical (unpaired) electrons. The Labute approximate surface area is 161 Å². The van der Waals surface area contributed by atoms with Crippen LogP contribution in [0.5, 0.6) is 0 Å². The van der Waals surface area contributed by atoms with Crippen molar-refractivity contribution in [3.05, 3.63) is 22.8 Å². The smallest absolute Gasteiger partial charge is 0.321 e. The van der Waals surface area contributed by atoms with Crippen LogP contribution in [-0.2, 0) is 9.59 Å². The van der Waals surface area contributed by atoms with Gasteiger partial charge in [-0.25, -0.2) is 9.78 Å². The Morgan fingerprint density at radius 1 is 1.15 bits per heavy atom. The van der Waals surface area contributed by atoms with Crippen LogP contribution in [0.1, 0.15) is 32.1 Å². The molecular formula is C17H24BrN5O3. The number of carbonyl (C=O) groups excluding carboxylic acids is 3. The lowest BCUT2D eigenvalue weighted by molar-refractivity contribution is -0.122. The van der Waals surface area contributed by atoms with Crippen LogP contribution in [0.4, 0.5) is 10.6 Å². The van der Waals surface area contributed by atoms with Gasteiger partial charge in [0.2, 0.25) is 11.8 Å². The Bertz CT molecular complexity index is 632. The summed E-state index contributed by atoms with van der Waals surface area (Å²) in [5.41, 5.74) is 0. The van der Waals surface area contributed by atoms with E-state index in [0.717, 1.165) is 30.2 Å². The summed E-state index contributed by atoms with van der Waals surface area (Å²) >= 11 is 3.27. The lowest BCUT2D eigenvalue weighted by Crippen LogP contribution is -2.48. The van der Waals surface area contributed by atoms with Crippen molar-refractivity contribution >= 4 is 39.6 Å². The maximum Gasteiger partial charge on any atom is 0.321 e. The molecule has 0 spiro atoms. The first-order valence-corrected chi connectivity index (χ1v) is 9.42. The highest BCUT2D eigenvalue weighted by molar-refractivity contribution is 9.10. The van der Waals surface area contributed by atoms with Gasteiger partial charge in [-0.2, -0.15) is 0 Å². The van der Waals surface area contributed by atoms with E-state index in [9.17, 15) is 14.4 Å². The minimum atomic E-state index is -0.473. The second kappa shape index (κ2) is 10.2. The van der Waals surface area contributed by atoms with Crippen molar-refractivity contribution in [3.63, 3.8) is 0 Å². The van der Waals surface area contributed by atoms with Crippen molar-refractivity contribution in [1.29, 1.82) is 0 Å². The van der Waals surface area contributed by atoms with E-state index in [4.69, 9.17) is 0 Å². The fourth-order valence-corrected chi connectivity index (χ4v) is 3.05. The van der Waals surface area contributed by atoms with Crippen LogP contribution in [0.3, 0.4) is 0 Å². The van der Waals surface area contributed by atoms with Gasteiger partial charge in [-0.1, -0.05) is 19.3 Å². The molecule has 2 rings (SSSR count). The summed E-state index contributed by atoms with van der Waals surface area (Å²) in [5.74, 6) is -0.305. The normalized spacial score (nSPS) is 14.7. The molecule has 0 atom stereocenters. The molecule has 0 saturated heterocycles. The quantitative estimate of drug-likeness (QED) is 0.645. The average molecular weight is 426 g/mol. The molecule has 1 aromatic heterocycles. The number of halogens is 1. The van der Waals surface area contributed by atoms with Gasteiger partial charge >= 0.3 is 6.03 Å². The molecule has 1 fully saturated rings. The number of aromatic nitrogens is 1. The van der Waals surface area contributed by atoms with E-state index in [2.05, 4.69) is 36.9 Å². The molecule has 4 amide bonds. The number of pyridine rings is 1. The molecule has 0 unspecified atom stereocenters. The number of likely N-dealkylation sites (N-methyl/N-ethyl adjacent to an activating group) is 1. The summed E-state index contributed by atoms with van der Waals surface area (Å²) in [6, 6.07) is 3.10. The van der Waals surface area contributed by atoms with Crippen LogP contribution in [0.15, 0.2) is 22.8 Å². The van der Waals surface area contributed by atoms with E-state index in [1.165, 1.54) is 11.3 Å². The molecule has 0 aliphatic heterocycles. The van der Waals surface area contributed by atoms with Crippen LogP contribution < -0.4 is 16.0 Å². The van der Waals surface area contributed by atoms with Crippen LogP contribution in [0.2, 0.25) is 0 Å². The molecule has 1 saturated carbocycles. The number of amides is 4. The number of nitrogens with one attached hydrogen (secondary N) is 3. The topological polar surface area (TPSA) is 103 Å². The highest BCUT2D eigenvalue weighted by atomic mass is 79.9. The number of urea groups is 1. The van der Waals surface area contributed by atoms with E-state index >= 15 is 0 Å². The SMILES string of the molecule is CN(CC(=O)NC(=O)NC1CCCCC1)CC(=O)Nc1ccc(Br)cn1. The number of nitrogens with zero attached hydrogens (tertiary/aromatic N) is 2. The Hall–Kier alpha value is -2.00. The number of anilines is 1. The highest BCUT2D eigenvalue weighted by Crippen LogP contribution is 2.17. The minimum absolute atomic E-state index is 0.00933. The Morgan fingerprint density at radius 3 is 2.50 bits per heavy atom. The number of rotatable bonds is 6. The molecule has 8 nitrogen and oxygen atoms in total. The fourth-order valence-electron chi connectivity index (χ4n) is 2.81. The Morgan fingerprint density at radius 2 is 1.85 bits per heavy atom. The van der Waals surface area contributed by atoms with Gasteiger partial charge in [-0.15, -0.1) is 0 Å². The third-order valence-corrected chi connectivity index (χ3v) is 4.48. The first kappa shape index (κ1) is 20.3. The zero-order valence-electron chi connectivity index (χ0n) is 14.8. The van der Waals surface area contributed by atoms with Gasteiger partial charge in [0.15, 0.2) is 0 Å². The first-order chi connectivity index (χ1) is 12.4. The van der Waals surface area contributed by atoms with Crippen molar-refractivity contribution < 1.29 is 14.4 Å². The van der Waals surface area contributed by atoms with Gasteiger partial charge in [0.05, 0.1) is 13.1 Å². The Balaban J connectivity index is 1.67. The monoisotopic (exact) mass is 425 g/mol. The predicted octanol–water partition coefficient (Wildman–Crippen LogP) is 1.87. The third kappa shape index (κ3) is 7.49. The zero-order chi connectivity index (χ0) is 18.9. The molecule has 142 valence electrons. The van der Waals surface area contributed by atoms with Crippen molar-refractivity contribution in [3.8, 4) is 0 Å². The van der Waals surface area contributed by atoms with Crippen molar-refractivity contribution in [1.82, 2.24) is 20.5 Å². The summed E-state index contributed by atoms with van der Waals surface area (Å²) in [6.45, 7) is -0.0469. The number of hydrogen-bond donors (Lipinski definition) is 3. The van der Waals surface area contributed by atoms with Gasteiger partial charge in [0.1, 0.15) is 5.82 Å². The van der Waals surface area contributed by atoms with Crippen LogP contribution in [0.25, 0.3) is 0 Å². The van der Waals surface area contributed by atoms with E-state index in [1.807, 2.05) is 0 Å². The standard InChI is InChI=1S/C17H24BrN5O3/c1-23(10-15(24)21-14-8-7-12(18)9-19-14)11-16(25)22-17(26)20-13-5-3-2-4-6-13/h7-9,13H,2-6,10-11H2,1H3,(H,19,21,24)(H2,20,22,25,26). The molecule has 1 aliphatic rings. The molecule has 9 heteroatoms. The summed E-state index contributed by atoms with van der Waals surface area (Å²) in [5, 5.41) is 7.77. The number of hydrogen-bond acceptors (Lipinski definition) is 5. The summed E-state index contributed by atoms with van der Waals surface area (Å²) < 4.78 is 0.816.